The zero-order chi connectivity index (χ0) is 21.8. The first-order chi connectivity index (χ1) is 15.0. The Balaban J connectivity index is 0.00000193. The predicted octanol–water partition coefficient (Wildman–Crippen LogP) is 3.32. The second-order valence-electron chi connectivity index (χ2n) is 8.12. The topological polar surface area (TPSA) is 93.3 Å². The summed E-state index contributed by atoms with van der Waals surface area (Å²) >= 11 is 0. The van der Waals surface area contributed by atoms with E-state index in [1.807, 2.05) is 18.2 Å². The maximum absolute atomic E-state index is 13.1. The smallest absolute Gasteiger partial charge is 0.263 e. The molecular formula is C23H29Cl2N5O3. The van der Waals surface area contributed by atoms with Gasteiger partial charge in [-0.3, -0.25) is 14.6 Å². The second-order valence-corrected chi connectivity index (χ2v) is 8.12. The molecule has 1 atom stereocenters. The van der Waals surface area contributed by atoms with Crippen molar-refractivity contribution >= 4 is 30.7 Å². The maximum atomic E-state index is 13.1. The van der Waals surface area contributed by atoms with Gasteiger partial charge in [0.1, 0.15) is 11.3 Å². The number of carbonyl (C=O) groups is 1. The summed E-state index contributed by atoms with van der Waals surface area (Å²) in [5, 5.41) is 7.45. The number of carbonyl (C=O) groups excluding carboxylic acids is 1. The molecule has 1 aliphatic heterocycles. The van der Waals surface area contributed by atoms with Crippen LogP contribution in [0.15, 0.2) is 52.2 Å². The van der Waals surface area contributed by atoms with Gasteiger partial charge in [0.2, 0.25) is 0 Å². The van der Waals surface area contributed by atoms with Crippen molar-refractivity contribution < 1.29 is 9.32 Å². The Morgan fingerprint density at radius 3 is 2.73 bits per heavy atom. The lowest BCUT2D eigenvalue weighted by Gasteiger charge is -2.24. The lowest BCUT2D eigenvalue weighted by Crippen LogP contribution is -2.38. The molecule has 0 saturated carbocycles. The fourth-order valence-electron chi connectivity index (χ4n) is 3.97. The third-order valence-electron chi connectivity index (χ3n) is 5.72. The van der Waals surface area contributed by atoms with Crippen molar-refractivity contribution in [3.8, 4) is 11.3 Å². The van der Waals surface area contributed by atoms with Gasteiger partial charge in [-0.05, 0) is 62.5 Å². The predicted molar refractivity (Wildman–Crippen MR) is 131 cm³/mol. The first-order valence-corrected chi connectivity index (χ1v) is 10.5. The molecule has 1 amide bonds. The first kappa shape index (κ1) is 26.6. The van der Waals surface area contributed by atoms with Gasteiger partial charge in [-0.15, -0.1) is 24.8 Å². The normalized spacial score (nSPS) is 15.3. The van der Waals surface area contributed by atoms with E-state index in [1.54, 1.807) is 43.2 Å². The number of pyridine rings is 2. The summed E-state index contributed by atoms with van der Waals surface area (Å²) in [6.07, 6.45) is 7.36. The number of nitrogens with zero attached hydrogens (tertiary/aromatic N) is 4. The fraction of sp³-hybridized carbons (Fsp3) is 0.391. The summed E-state index contributed by atoms with van der Waals surface area (Å²) < 4.78 is 7.07. The van der Waals surface area contributed by atoms with E-state index in [4.69, 9.17) is 4.52 Å². The van der Waals surface area contributed by atoms with E-state index in [9.17, 15) is 9.59 Å². The van der Waals surface area contributed by atoms with Gasteiger partial charge in [0.15, 0.2) is 5.76 Å². The van der Waals surface area contributed by atoms with Gasteiger partial charge >= 0.3 is 0 Å². The van der Waals surface area contributed by atoms with Crippen molar-refractivity contribution in [2.24, 2.45) is 5.92 Å². The van der Waals surface area contributed by atoms with Gasteiger partial charge in [-0.1, -0.05) is 5.16 Å². The second kappa shape index (κ2) is 12.0. The SMILES string of the molecule is Cc1ccn(CC2CCCNC2)c(=O)c1C(=O)N(C)Cc1cc(-c2ccncc2)no1.Cl.Cl. The average Bonchev–Trinajstić information content (AvgIpc) is 3.25. The molecule has 33 heavy (non-hydrogen) atoms. The van der Waals surface area contributed by atoms with Crippen molar-refractivity contribution in [3.63, 3.8) is 0 Å². The molecule has 4 rings (SSSR count). The van der Waals surface area contributed by atoms with Crippen molar-refractivity contribution in [2.75, 3.05) is 20.1 Å². The monoisotopic (exact) mass is 493 g/mol. The molecule has 1 saturated heterocycles. The highest BCUT2D eigenvalue weighted by atomic mass is 35.5. The van der Waals surface area contributed by atoms with Crippen LogP contribution >= 0.6 is 24.8 Å². The Hall–Kier alpha value is -2.68. The standard InChI is InChI=1S/C23H27N5O3.2ClH/c1-16-7-11-28(14-17-4-3-8-25-13-17)23(30)21(16)22(29)27(2)15-19-12-20(26-31-19)18-5-9-24-10-6-18;;/h5-7,9-12,17,25H,3-4,8,13-15H2,1-2H3;2*1H. The summed E-state index contributed by atoms with van der Waals surface area (Å²) in [6, 6.07) is 7.32. The quantitative estimate of drug-likeness (QED) is 0.565. The highest BCUT2D eigenvalue weighted by Crippen LogP contribution is 2.19. The zero-order valence-corrected chi connectivity index (χ0v) is 20.3. The molecule has 1 unspecified atom stereocenters. The van der Waals surface area contributed by atoms with E-state index < -0.39 is 0 Å². The van der Waals surface area contributed by atoms with E-state index in [1.165, 1.54) is 4.90 Å². The number of hydrogen-bond donors (Lipinski definition) is 1. The minimum atomic E-state index is -0.319. The number of hydrogen-bond acceptors (Lipinski definition) is 6. The van der Waals surface area contributed by atoms with Crippen LogP contribution in [0.2, 0.25) is 0 Å². The van der Waals surface area contributed by atoms with E-state index in [0.717, 1.165) is 31.5 Å². The van der Waals surface area contributed by atoms with E-state index >= 15 is 0 Å². The van der Waals surface area contributed by atoms with Crippen LogP contribution in [0.1, 0.15) is 34.5 Å². The van der Waals surface area contributed by atoms with E-state index in [-0.39, 0.29) is 48.4 Å². The van der Waals surface area contributed by atoms with Crippen molar-refractivity contribution in [1.29, 1.82) is 0 Å². The third-order valence-corrected chi connectivity index (χ3v) is 5.72. The molecule has 0 aromatic carbocycles. The van der Waals surface area contributed by atoms with E-state index in [2.05, 4.69) is 15.5 Å². The average molecular weight is 494 g/mol. The molecule has 3 aromatic heterocycles. The number of aromatic nitrogens is 3. The van der Waals surface area contributed by atoms with Crippen molar-refractivity contribution in [2.45, 2.75) is 32.9 Å². The lowest BCUT2D eigenvalue weighted by molar-refractivity contribution is 0.0769. The summed E-state index contributed by atoms with van der Waals surface area (Å²) in [5.74, 6) is 0.626. The summed E-state index contributed by atoms with van der Waals surface area (Å²) in [6.45, 7) is 4.56. The van der Waals surface area contributed by atoms with Crippen LogP contribution < -0.4 is 10.9 Å². The molecular weight excluding hydrogens is 465 g/mol. The maximum Gasteiger partial charge on any atom is 0.263 e. The Morgan fingerprint density at radius 2 is 2.03 bits per heavy atom. The number of piperidine rings is 1. The van der Waals surface area contributed by atoms with Crippen LogP contribution in [0.4, 0.5) is 0 Å². The van der Waals surface area contributed by atoms with Crippen LogP contribution in [0.25, 0.3) is 11.3 Å². The van der Waals surface area contributed by atoms with Crippen molar-refractivity contribution in [3.05, 3.63) is 70.1 Å². The molecule has 178 valence electrons. The molecule has 1 aliphatic rings. The Kier molecular flexibility index (Phi) is 9.64. The molecule has 0 aliphatic carbocycles. The van der Waals surface area contributed by atoms with Crippen LogP contribution in [0, 0.1) is 12.8 Å². The summed E-state index contributed by atoms with van der Waals surface area (Å²) in [5.41, 5.74) is 2.21. The van der Waals surface area contributed by atoms with Gasteiger partial charge in [0.25, 0.3) is 11.5 Å². The summed E-state index contributed by atoms with van der Waals surface area (Å²) in [7, 11) is 1.66. The molecule has 0 radical (unpaired) electrons. The Morgan fingerprint density at radius 1 is 1.27 bits per heavy atom. The highest BCUT2D eigenvalue weighted by molar-refractivity contribution is 5.95. The number of aryl methyl sites for hydroxylation is 1. The number of halogens is 2. The molecule has 0 spiro atoms. The van der Waals surface area contributed by atoms with E-state index in [0.29, 0.717) is 29.5 Å². The van der Waals surface area contributed by atoms with Gasteiger partial charge in [0.05, 0.1) is 6.54 Å². The molecule has 3 aromatic rings. The van der Waals surface area contributed by atoms with Crippen LogP contribution in [0.5, 0.6) is 0 Å². The molecule has 4 heterocycles. The highest BCUT2D eigenvalue weighted by Gasteiger charge is 2.22. The number of amides is 1. The first-order valence-electron chi connectivity index (χ1n) is 10.5. The largest absolute Gasteiger partial charge is 0.359 e. The van der Waals surface area contributed by atoms with Crippen LogP contribution in [0.3, 0.4) is 0 Å². The fourth-order valence-corrected chi connectivity index (χ4v) is 3.97. The van der Waals surface area contributed by atoms with Gasteiger partial charge < -0.3 is 19.3 Å². The lowest BCUT2D eigenvalue weighted by atomic mass is 9.99. The van der Waals surface area contributed by atoms with Crippen LogP contribution in [-0.4, -0.2) is 45.7 Å². The summed E-state index contributed by atoms with van der Waals surface area (Å²) in [4.78, 5) is 31.7. The molecule has 10 heteroatoms. The third kappa shape index (κ3) is 6.22. The van der Waals surface area contributed by atoms with Gasteiger partial charge in [-0.25, -0.2) is 0 Å². The Bertz CT molecular complexity index is 1110. The number of nitrogens with one attached hydrogen (secondary N) is 1. The van der Waals surface area contributed by atoms with Gasteiger partial charge in [0, 0.05) is 43.8 Å². The number of rotatable bonds is 6. The molecule has 1 fully saturated rings. The molecule has 1 N–H and O–H groups in total. The molecule has 0 bridgehead atoms. The minimum absolute atomic E-state index is 0. The molecule has 8 nitrogen and oxygen atoms in total. The Labute approximate surface area is 205 Å². The minimum Gasteiger partial charge on any atom is -0.359 e. The van der Waals surface area contributed by atoms with Crippen molar-refractivity contribution in [1.82, 2.24) is 24.9 Å². The van der Waals surface area contributed by atoms with Gasteiger partial charge in [-0.2, -0.15) is 0 Å². The van der Waals surface area contributed by atoms with Crippen LogP contribution in [-0.2, 0) is 13.1 Å². The zero-order valence-electron chi connectivity index (χ0n) is 18.7.